The number of carbonyl (C=O) groups excluding carboxylic acids is 2. The van der Waals surface area contributed by atoms with E-state index in [1.165, 1.54) is 12.5 Å². The predicted molar refractivity (Wildman–Crippen MR) is 120 cm³/mol. The van der Waals surface area contributed by atoms with E-state index in [0.717, 1.165) is 44.2 Å². The van der Waals surface area contributed by atoms with Crippen LogP contribution in [0.2, 0.25) is 0 Å². The molecule has 1 aliphatic carbocycles. The normalized spacial score (nSPS) is 26.0. The number of aromatic amines is 1. The zero-order chi connectivity index (χ0) is 22.3. The van der Waals surface area contributed by atoms with Gasteiger partial charge < -0.3 is 14.4 Å². The fourth-order valence-corrected chi connectivity index (χ4v) is 5.09. The molecule has 1 amide bonds. The third kappa shape index (κ3) is 5.57. The molecule has 1 aromatic carbocycles. The summed E-state index contributed by atoms with van der Waals surface area (Å²) in [6.45, 7) is 2.29. The molecular weight excluding hydrogens is 406 g/mol. The Labute approximate surface area is 189 Å². The Bertz CT molecular complexity index is 863. The van der Waals surface area contributed by atoms with Crippen molar-refractivity contribution in [3.63, 3.8) is 0 Å². The molecule has 1 aliphatic heterocycles. The SMILES string of the molecule is CC(=O)COC(=O)N1CCC[C@H](c2ccn[nH]2)[C@@H]1COC1CCC(c2ccccc2)CC1. The lowest BCUT2D eigenvalue weighted by Crippen LogP contribution is -2.51. The molecule has 7 nitrogen and oxygen atoms in total. The van der Waals surface area contributed by atoms with E-state index in [4.69, 9.17) is 9.47 Å². The lowest BCUT2D eigenvalue weighted by molar-refractivity contribution is -0.120. The van der Waals surface area contributed by atoms with E-state index in [-0.39, 0.29) is 30.5 Å². The second-order valence-corrected chi connectivity index (χ2v) is 9.00. The van der Waals surface area contributed by atoms with Crippen LogP contribution in [0.1, 0.15) is 68.5 Å². The van der Waals surface area contributed by atoms with E-state index in [0.29, 0.717) is 19.1 Å². The van der Waals surface area contributed by atoms with Crippen LogP contribution in [0.15, 0.2) is 42.6 Å². The minimum Gasteiger partial charge on any atom is -0.441 e. The van der Waals surface area contributed by atoms with E-state index in [1.54, 1.807) is 11.1 Å². The van der Waals surface area contributed by atoms with Crippen molar-refractivity contribution in [3.05, 3.63) is 53.9 Å². The molecular formula is C25H33N3O4. The third-order valence-electron chi connectivity index (χ3n) is 6.78. The van der Waals surface area contributed by atoms with Crippen molar-refractivity contribution in [1.82, 2.24) is 15.1 Å². The van der Waals surface area contributed by atoms with Crippen molar-refractivity contribution in [1.29, 1.82) is 0 Å². The predicted octanol–water partition coefficient (Wildman–Crippen LogP) is 4.43. The second-order valence-electron chi connectivity index (χ2n) is 9.00. The number of hydrogen-bond acceptors (Lipinski definition) is 5. The number of nitrogens with zero attached hydrogens (tertiary/aromatic N) is 2. The lowest BCUT2D eigenvalue weighted by atomic mass is 9.82. The minimum atomic E-state index is -0.439. The van der Waals surface area contributed by atoms with Gasteiger partial charge in [-0.1, -0.05) is 30.3 Å². The summed E-state index contributed by atoms with van der Waals surface area (Å²) in [5.41, 5.74) is 2.42. The van der Waals surface area contributed by atoms with E-state index in [2.05, 4.69) is 40.5 Å². The zero-order valence-corrected chi connectivity index (χ0v) is 18.7. The van der Waals surface area contributed by atoms with Gasteiger partial charge >= 0.3 is 6.09 Å². The summed E-state index contributed by atoms with van der Waals surface area (Å²) in [5.74, 6) is 0.543. The van der Waals surface area contributed by atoms with Gasteiger partial charge in [0.25, 0.3) is 0 Å². The summed E-state index contributed by atoms with van der Waals surface area (Å²) in [6, 6.07) is 12.5. The van der Waals surface area contributed by atoms with Gasteiger partial charge in [-0.15, -0.1) is 0 Å². The molecule has 2 aromatic rings. The zero-order valence-electron chi connectivity index (χ0n) is 18.7. The van der Waals surface area contributed by atoms with Crippen LogP contribution in [0.4, 0.5) is 4.79 Å². The third-order valence-corrected chi connectivity index (χ3v) is 6.78. The topological polar surface area (TPSA) is 84.5 Å². The van der Waals surface area contributed by atoms with Crippen LogP contribution >= 0.6 is 0 Å². The Hall–Kier alpha value is -2.67. The lowest BCUT2D eigenvalue weighted by Gasteiger charge is -2.41. The number of nitrogens with one attached hydrogen (secondary N) is 1. The summed E-state index contributed by atoms with van der Waals surface area (Å²) in [7, 11) is 0. The number of amides is 1. The molecule has 0 spiro atoms. The molecule has 2 heterocycles. The molecule has 1 saturated heterocycles. The first-order valence-corrected chi connectivity index (χ1v) is 11.7. The molecule has 2 atom stereocenters. The smallest absolute Gasteiger partial charge is 0.410 e. The fraction of sp³-hybridized carbons (Fsp3) is 0.560. The van der Waals surface area contributed by atoms with Crippen LogP contribution in [0.5, 0.6) is 0 Å². The molecule has 32 heavy (non-hydrogen) atoms. The summed E-state index contributed by atoms with van der Waals surface area (Å²) < 4.78 is 11.6. The Morgan fingerprint density at radius 3 is 2.56 bits per heavy atom. The monoisotopic (exact) mass is 439 g/mol. The maximum absolute atomic E-state index is 12.7. The first kappa shape index (κ1) is 22.5. The number of likely N-dealkylation sites (tertiary alicyclic amines) is 1. The molecule has 0 unspecified atom stereocenters. The van der Waals surface area contributed by atoms with E-state index >= 15 is 0 Å². The van der Waals surface area contributed by atoms with Gasteiger partial charge in [0.2, 0.25) is 0 Å². The van der Waals surface area contributed by atoms with Gasteiger partial charge in [-0.05, 0) is 63.0 Å². The van der Waals surface area contributed by atoms with Gasteiger partial charge in [-0.3, -0.25) is 9.89 Å². The van der Waals surface area contributed by atoms with Crippen molar-refractivity contribution in [3.8, 4) is 0 Å². The average molecular weight is 440 g/mol. The Morgan fingerprint density at radius 1 is 1.09 bits per heavy atom. The standard InChI is InChI=1S/C25H33N3O4/c1-18(29)16-32-25(30)28-15-5-8-22(23-13-14-26-27-23)24(28)17-31-21-11-9-20(10-12-21)19-6-3-2-4-7-19/h2-4,6-7,13-14,20-22,24H,5,8-12,15-17H2,1H3,(H,26,27)/t20?,21?,22-,24+/m1/s1. The van der Waals surface area contributed by atoms with Crippen molar-refractivity contribution < 1.29 is 19.1 Å². The quantitative estimate of drug-likeness (QED) is 0.690. The molecule has 1 saturated carbocycles. The van der Waals surface area contributed by atoms with Gasteiger partial charge in [0.05, 0.1) is 18.8 Å². The van der Waals surface area contributed by atoms with Crippen molar-refractivity contribution in [2.45, 2.75) is 69.4 Å². The maximum atomic E-state index is 12.7. The molecule has 2 aliphatic rings. The number of aromatic nitrogens is 2. The van der Waals surface area contributed by atoms with E-state index in [1.807, 2.05) is 6.07 Å². The van der Waals surface area contributed by atoms with Crippen LogP contribution in [-0.4, -0.2) is 58.9 Å². The molecule has 7 heteroatoms. The van der Waals surface area contributed by atoms with Gasteiger partial charge in [0.1, 0.15) is 0 Å². The number of ether oxygens (including phenoxy) is 2. The molecule has 0 bridgehead atoms. The van der Waals surface area contributed by atoms with Crippen LogP contribution in [0, 0.1) is 0 Å². The fourth-order valence-electron chi connectivity index (χ4n) is 5.09. The van der Waals surface area contributed by atoms with Gasteiger partial charge in [-0.25, -0.2) is 4.79 Å². The van der Waals surface area contributed by atoms with Crippen molar-refractivity contribution in [2.75, 3.05) is 19.8 Å². The van der Waals surface area contributed by atoms with E-state index < -0.39 is 6.09 Å². The number of hydrogen-bond donors (Lipinski definition) is 1. The van der Waals surface area contributed by atoms with Gasteiger partial charge in [-0.2, -0.15) is 5.10 Å². The first-order valence-electron chi connectivity index (χ1n) is 11.7. The van der Waals surface area contributed by atoms with Crippen molar-refractivity contribution in [2.24, 2.45) is 0 Å². The first-order chi connectivity index (χ1) is 15.6. The number of piperidine rings is 1. The largest absolute Gasteiger partial charge is 0.441 e. The number of carbonyl (C=O) groups is 2. The summed E-state index contributed by atoms with van der Waals surface area (Å²) in [4.78, 5) is 25.8. The Balaban J connectivity index is 1.38. The average Bonchev–Trinajstić information content (AvgIpc) is 3.37. The number of benzene rings is 1. The van der Waals surface area contributed by atoms with Gasteiger partial charge in [0.15, 0.2) is 12.4 Å². The van der Waals surface area contributed by atoms with Crippen LogP contribution in [0.25, 0.3) is 0 Å². The maximum Gasteiger partial charge on any atom is 0.410 e. The van der Waals surface area contributed by atoms with E-state index in [9.17, 15) is 9.59 Å². The number of rotatable bonds is 7. The Kier molecular flexibility index (Phi) is 7.58. The highest BCUT2D eigenvalue weighted by Gasteiger charge is 2.38. The molecule has 1 aromatic heterocycles. The molecule has 0 radical (unpaired) electrons. The molecule has 172 valence electrons. The molecule has 2 fully saturated rings. The molecule has 1 N–H and O–H groups in total. The van der Waals surface area contributed by atoms with Crippen LogP contribution in [-0.2, 0) is 14.3 Å². The number of Topliss-reactive ketones (excluding diaryl/α,β-unsaturated/α-hetero) is 1. The highest BCUT2D eigenvalue weighted by molar-refractivity contribution is 5.79. The summed E-state index contributed by atoms with van der Waals surface area (Å²) >= 11 is 0. The molecule has 4 rings (SSSR count). The highest BCUT2D eigenvalue weighted by Crippen LogP contribution is 2.36. The van der Waals surface area contributed by atoms with Crippen molar-refractivity contribution >= 4 is 11.9 Å². The van der Waals surface area contributed by atoms with Gasteiger partial charge in [0, 0.05) is 24.4 Å². The second kappa shape index (κ2) is 10.8. The summed E-state index contributed by atoms with van der Waals surface area (Å²) in [6.07, 6.45) is 7.61. The number of ketones is 1. The highest BCUT2D eigenvalue weighted by atomic mass is 16.6. The number of H-pyrrole nitrogens is 1. The van der Waals surface area contributed by atoms with Crippen LogP contribution in [0.3, 0.4) is 0 Å². The minimum absolute atomic E-state index is 0.108. The van der Waals surface area contributed by atoms with Crippen LogP contribution < -0.4 is 0 Å². The Morgan fingerprint density at radius 2 is 1.88 bits per heavy atom. The summed E-state index contributed by atoms with van der Waals surface area (Å²) in [5, 5.41) is 7.17.